The number of nitrogens with one attached hydrogen (secondary N) is 2. The monoisotopic (exact) mass is 421 g/mol. The van der Waals surface area contributed by atoms with Crippen LogP contribution >= 0.6 is 11.6 Å². The number of rotatable bonds is 4. The van der Waals surface area contributed by atoms with Gasteiger partial charge in [0.2, 0.25) is 10.0 Å². The Balaban J connectivity index is 1.60. The number of anilines is 1. The van der Waals surface area contributed by atoms with Crippen molar-refractivity contribution in [3.8, 4) is 11.3 Å². The molecule has 5 N–H and O–H groups in total. The van der Waals surface area contributed by atoms with Gasteiger partial charge in [-0.25, -0.2) is 18.1 Å². The van der Waals surface area contributed by atoms with Crippen molar-refractivity contribution in [3.05, 3.63) is 35.4 Å². The highest BCUT2D eigenvalue weighted by Gasteiger charge is 2.25. The van der Waals surface area contributed by atoms with E-state index >= 15 is 0 Å². The van der Waals surface area contributed by atoms with E-state index in [0.29, 0.717) is 48.0 Å². The Morgan fingerprint density at radius 2 is 1.93 bits per heavy atom. The molecule has 0 spiro atoms. The fourth-order valence-corrected chi connectivity index (χ4v) is 5.09. The van der Waals surface area contributed by atoms with Crippen molar-refractivity contribution in [1.82, 2.24) is 19.9 Å². The van der Waals surface area contributed by atoms with Gasteiger partial charge in [0, 0.05) is 11.6 Å². The number of aromatic nitrogens is 3. The Labute approximate surface area is 167 Å². The molecule has 0 unspecified atom stereocenters. The summed E-state index contributed by atoms with van der Waals surface area (Å²) < 4.78 is 28.1. The summed E-state index contributed by atoms with van der Waals surface area (Å²) in [6.45, 7) is 0. The maximum Gasteiger partial charge on any atom is 0.240 e. The van der Waals surface area contributed by atoms with E-state index in [-0.39, 0.29) is 27.9 Å². The molecule has 0 radical (unpaired) electrons. The van der Waals surface area contributed by atoms with Crippen molar-refractivity contribution >= 4 is 38.5 Å². The summed E-state index contributed by atoms with van der Waals surface area (Å²) in [5.74, 6) is 0.286. The van der Waals surface area contributed by atoms with Crippen molar-refractivity contribution < 1.29 is 13.5 Å². The summed E-state index contributed by atoms with van der Waals surface area (Å²) in [5, 5.41) is 16.5. The molecule has 0 amide bonds. The molecule has 2 heterocycles. The number of sulfonamides is 1. The number of aliphatic hydroxyl groups excluding tert-OH is 1. The zero-order valence-corrected chi connectivity index (χ0v) is 16.5. The molecule has 1 aliphatic rings. The molecule has 1 aromatic carbocycles. The molecular weight excluding hydrogens is 402 g/mol. The van der Waals surface area contributed by atoms with Crippen LogP contribution in [0, 0.1) is 0 Å². The SMILES string of the molecule is Nc1n[nH]c2ccc(-c3ccc(S(=O)(=O)N[C@H]4CC[C@H](O)CC4)cc3Cl)nc12. The topological polar surface area (TPSA) is 134 Å². The lowest BCUT2D eigenvalue weighted by Gasteiger charge is -2.26. The number of hydrogen-bond donors (Lipinski definition) is 4. The highest BCUT2D eigenvalue weighted by Crippen LogP contribution is 2.31. The van der Waals surface area contributed by atoms with Gasteiger partial charge in [0.1, 0.15) is 5.52 Å². The number of nitrogens with two attached hydrogens (primary N) is 1. The third-order valence-corrected chi connectivity index (χ3v) is 6.81. The Kier molecular flexibility index (Phi) is 5.00. The molecular formula is C18H20ClN5O3S. The summed E-state index contributed by atoms with van der Waals surface area (Å²) in [6, 6.07) is 7.93. The average molecular weight is 422 g/mol. The molecule has 0 bridgehead atoms. The van der Waals surface area contributed by atoms with E-state index in [2.05, 4.69) is 19.9 Å². The molecule has 4 rings (SSSR count). The standard InChI is InChI=1S/C18H20ClN5O3S/c19-14-9-12(28(26,27)24-10-1-3-11(25)4-2-10)5-6-13(14)15-7-8-16-17(21-15)18(20)23-22-16/h5-11,24-25H,1-4H2,(H3,20,22,23)/t10-,11-. The quantitative estimate of drug-likeness (QED) is 0.511. The highest BCUT2D eigenvalue weighted by atomic mass is 35.5. The van der Waals surface area contributed by atoms with Crippen LogP contribution < -0.4 is 10.5 Å². The Bertz CT molecular complexity index is 1120. The number of halogens is 1. The number of nitrogen functional groups attached to an aromatic ring is 1. The lowest BCUT2D eigenvalue weighted by atomic mass is 9.94. The average Bonchev–Trinajstić information content (AvgIpc) is 3.04. The van der Waals surface area contributed by atoms with E-state index in [9.17, 15) is 13.5 Å². The first-order chi connectivity index (χ1) is 13.3. The first kappa shape index (κ1) is 19.1. The van der Waals surface area contributed by atoms with Gasteiger partial charge in [-0.3, -0.25) is 5.10 Å². The molecule has 0 aliphatic heterocycles. The van der Waals surface area contributed by atoms with Gasteiger partial charge in [0.25, 0.3) is 0 Å². The fraction of sp³-hybridized carbons (Fsp3) is 0.333. The van der Waals surface area contributed by atoms with Gasteiger partial charge in [-0.05, 0) is 56.0 Å². The van der Waals surface area contributed by atoms with Crippen LogP contribution in [0.25, 0.3) is 22.3 Å². The maximum absolute atomic E-state index is 12.7. The van der Waals surface area contributed by atoms with Gasteiger partial charge in [0.15, 0.2) is 5.82 Å². The van der Waals surface area contributed by atoms with Crippen LogP contribution in [0.2, 0.25) is 5.02 Å². The van der Waals surface area contributed by atoms with E-state index < -0.39 is 10.0 Å². The largest absolute Gasteiger partial charge is 0.393 e. The normalized spacial score (nSPS) is 20.5. The molecule has 1 saturated carbocycles. The van der Waals surface area contributed by atoms with Crippen LogP contribution in [0.15, 0.2) is 35.2 Å². The molecule has 28 heavy (non-hydrogen) atoms. The Morgan fingerprint density at radius 3 is 2.64 bits per heavy atom. The zero-order valence-electron chi connectivity index (χ0n) is 14.9. The first-order valence-corrected chi connectivity index (χ1v) is 10.8. The number of pyridine rings is 1. The van der Waals surface area contributed by atoms with E-state index in [1.807, 2.05) is 0 Å². The van der Waals surface area contributed by atoms with E-state index in [1.165, 1.54) is 12.1 Å². The summed E-state index contributed by atoms with van der Waals surface area (Å²) >= 11 is 6.38. The Hall–Kier alpha value is -2.20. The summed E-state index contributed by atoms with van der Waals surface area (Å²) in [4.78, 5) is 4.56. The van der Waals surface area contributed by atoms with Gasteiger partial charge in [-0.2, -0.15) is 5.10 Å². The van der Waals surface area contributed by atoms with Crippen molar-refractivity contribution in [3.63, 3.8) is 0 Å². The molecule has 1 aliphatic carbocycles. The number of aromatic amines is 1. The smallest absolute Gasteiger partial charge is 0.240 e. The van der Waals surface area contributed by atoms with Gasteiger partial charge in [0.05, 0.1) is 27.2 Å². The molecule has 8 nitrogen and oxygen atoms in total. The molecule has 1 fully saturated rings. The second-order valence-corrected chi connectivity index (χ2v) is 9.09. The maximum atomic E-state index is 12.7. The highest BCUT2D eigenvalue weighted by molar-refractivity contribution is 7.89. The summed E-state index contributed by atoms with van der Waals surface area (Å²) in [6.07, 6.45) is 2.07. The second-order valence-electron chi connectivity index (χ2n) is 6.97. The number of fused-ring (bicyclic) bond motifs is 1. The van der Waals surface area contributed by atoms with E-state index in [4.69, 9.17) is 17.3 Å². The third-order valence-electron chi connectivity index (χ3n) is 4.98. The minimum atomic E-state index is -3.70. The molecule has 0 saturated heterocycles. The van der Waals surface area contributed by atoms with Gasteiger partial charge < -0.3 is 10.8 Å². The summed E-state index contributed by atoms with van der Waals surface area (Å²) in [5.41, 5.74) is 8.21. The fourth-order valence-electron chi connectivity index (χ4n) is 3.42. The lowest BCUT2D eigenvalue weighted by Crippen LogP contribution is -2.38. The van der Waals surface area contributed by atoms with Crippen LogP contribution in [0.4, 0.5) is 5.82 Å². The minimum Gasteiger partial charge on any atom is -0.393 e. The number of benzene rings is 1. The third kappa shape index (κ3) is 3.70. The molecule has 0 atom stereocenters. The van der Waals surface area contributed by atoms with E-state index in [1.54, 1.807) is 18.2 Å². The van der Waals surface area contributed by atoms with E-state index in [0.717, 1.165) is 0 Å². The van der Waals surface area contributed by atoms with Gasteiger partial charge in [-0.1, -0.05) is 11.6 Å². The van der Waals surface area contributed by atoms with Crippen molar-refractivity contribution in [1.29, 1.82) is 0 Å². The van der Waals surface area contributed by atoms with Crippen LogP contribution in [0.3, 0.4) is 0 Å². The lowest BCUT2D eigenvalue weighted by molar-refractivity contribution is 0.120. The van der Waals surface area contributed by atoms with Crippen LogP contribution in [0.1, 0.15) is 25.7 Å². The molecule has 3 aromatic rings. The number of aliphatic hydroxyl groups is 1. The number of H-pyrrole nitrogens is 1. The zero-order chi connectivity index (χ0) is 19.9. The molecule has 148 valence electrons. The molecule has 2 aromatic heterocycles. The van der Waals surface area contributed by atoms with Gasteiger partial charge in [-0.15, -0.1) is 0 Å². The minimum absolute atomic E-state index is 0.0938. The van der Waals surface area contributed by atoms with Crippen molar-refractivity contribution in [2.24, 2.45) is 0 Å². The van der Waals surface area contributed by atoms with Crippen molar-refractivity contribution in [2.45, 2.75) is 42.7 Å². The number of hydrogen-bond acceptors (Lipinski definition) is 6. The molecule has 10 heteroatoms. The predicted molar refractivity (Wildman–Crippen MR) is 107 cm³/mol. The summed E-state index contributed by atoms with van der Waals surface area (Å²) in [7, 11) is -3.70. The van der Waals surface area contributed by atoms with Crippen LogP contribution in [0.5, 0.6) is 0 Å². The predicted octanol–water partition coefficient (Wildman–Crippen LogP) is 2.44. The van der Waals surface area contributed by atoms with Crippen molar-refractivity contribution in [2.75, 3.05) is 5.73 Å². The van der Waals surface area contributed by atoms with Gasteiger partial charge >= 0.3 is 0 Å². The first-order valence-electron chi connectivity index (χ1n) is 8.94. The van der Waals surface area contributed by atoms with Crippen LogP contribution in [-0.2, 0) is 10.0 Å². The Morgan fingerprint density at radius 1 is 1.18 bits per heavy atom. The number of nitrogens with zero attached hydrogens (tertiary/aromatic N) is 2. The second kappa shape index (κ2) is 7.32. The van der Waals surface area contributed by atoms with Crippen LogP contribution in [-0.4, -0.2) is 40.9 Å².